The van der Waals surface area contributed by atoms with Crippen LogP contribution in [0.3, 0.4) is 0 Å². The standard InChI is InChI=1S/C15H10Cl4O2S/c1-22(20,21)13-7-4-10(8-12(13)17)14(15(18)19)9-2-5-11(16)6-3-9/h2-8H,1H3. The minimum absolute atomic E-state index is 0.0468. The summed E-state index contributed by atoms with van der Waals surface area (Å²) in [7, 11) is -3.40. The largest absolute Gasteiger partial charge is 0.224 e. The van der Waals surface area contributed by atoms with Gasteiger partial charge in [-0.25, -0.2) is 8.42 Å². The fraction of sp³-hybridized carbons (Fsp3) is 0.0667. The van der Waals surface area contributed by atoms with Crippen molar-refractivity contribution in [1.82, 2.24) is 0 Å². The fourth-order valence-corrected chi connectivity index (χ4v) is 3.85. The van der Waals surface area contributed by atoms with Crippen molar-refractivity contribution in [2.45, 2.75) is 4.90 Å². The van der Waals surface area contributed by atoms with Gasteiger partial charge in [-0.05, 0) is 35.4 Å². The van der Waals surface area contributed by atoms with Gasteiger partial charge in [0.05, 0.1) is 9.92 Å². The van der Waals surface area contributed by atoms with Gasteiger partial charge >= 0.3 is 0 Å². The van der Waals surface area contributed by atoms with E-state index in [1.807, 2.05) is 0 Å². The van der Waals surface area contributed by atoms with E-state index < -0.39 is 9.84 Å². The number of hydrogen-bond donors (Lipinski definition) is 0. The Balaban J connectivity index is 2.59. The summed E-state index contributed by atoms with van der Waals surface area (Å²) in [4.78, 5) is 0.0547. The van der Waals surface area contributed by atoms with Gasteiger partial charge in [-0.3, -0.25) is 0 Å². The van der Waals surface area contributed by atoms with Crippen LogP contribution in [0.1, 0.15) is 11.1 Å². The Morgan fingerprint density at radius 1 is 0.909 bits per heavy atom. The van der Waals surface area contributed by atoms with Crippen LogP contribution in [0, 0.1) is 0 Å². The Hall–Kier alpha value is -0.710. The highest BCUT2D eigenvalue weighted by Crippen LogP contribution is 2.34. The van der Waals surface area contributed by atoms with Gasteiger partial charge in [-0.15, -0.1) is 0 Å². The molecule has 0 atom stereocenters. The van der Waals surface area contributed by atoms with Crippen LogP contribution >= 0.6 is 46.4 Å². The van der Waals surface area contributed by atoms with Gasteiger partial charge in [0.15, 0.2) is 9.84 Å². The molecule has 0 spiro atoms. The molecule has 2 aromatic rings. The van der Waals surface area contributed by atoms with Crippen molar-refractivity contribution in [3.63, 3.8) is 0 Å². The van der Waals surface area contributed by atoms with Crippen molar-refractivity contribution >= 4 is 61.8 Å². The van der Waals surface area contributed by atoms with Crippen LogP contribution in [-0.2, 0) is 9.84 Å². The number of sulfone groups is 1. The first-order valence-electron chi connectivity index (χ1n) is 6.01. The molecule has 0 heterocycles. The zero-order valence-corrected chi connectivity index (χ0v) is 15.1. The third-order valence-electron chi connectivity index (χ3n) is 2.94. The highest BCUT2D eigenvalue weighted by Gasteiger charge is 2.16. The second-order valence-corrected chi connectivity index (χ2v) is 8.34. The molecular weight excluding hydrogens is 386 g/mol. The molecule has 22 heavy (non-hydrogen) atoms. The molecule has 0 saturated carbocycles. The molecular formula is C15H10Cl4O2S. The van der Waals surface area contributed by atoms with Gasteiger partial charge in [-0.1, -0.05) is 64.6 Å². The van der Waals surface area contributed by atoms with Gasteiger partial charge in [0, 0.05) is 16.9 Å². The lowest BCUT2D eigenvalue weighted by Gasteiger charge is -2.11. The lowest BCUT2D eigenvalue weighted by atomic mass is 10.00. The van der Waals surface area contributed by atoms with Crippen LogP contribution in [0.4, 0.5) is 0 Å². The molecule has 0 N–H and O–H groups in total. The van der Waals surface area contributed by atoms with Crippen LogP contribution in [0.25, 0.3) is 5.57 Å². The van der Waals surface area contributed by atoms with Crippen LogP contribution in [-0.4, -0.2) is 14.7 Å². The van der Waals surface area contributed by atoms with Crippen molar-refractivity contribution in [2.24, 2.45) is 0 Å². The first kappa shape index (κ1) is 17.6. The lowest BCUT2D eigenvalue weighted by molar-refractivity contribution is 0.602. The molecule has 0 fully saturated rings. The number of rotatable bonds is 3. The predicted octanol–water partition coefficient (Wildman–Crippen LogP) is 5.59. The molecule has 0 unspecified atom stereocenters. The van der Waals surface area contributed by atoms with Crippen molar-refractivity contribution in [1.29, 1.82) is 0 Å². The minimum Gasteiger partial charge on any atom is -0.224 e. The average Bonchev–Trinajstić information content (AvgIpc) is 2.39. The van der Waals surface area contributed by atoms with E-state index >= 15 is 0 Å². The van der Waals surface area contributed by atoms with E-state index in [1.165, 1.54) is 12.1 Å². The summed E-state index contributed by atoms with van der Waals surface area (Å²) in [5.41, 5.74) is 1.90. The normalized spacial score (nSPS) is 11.3. The average molecular weight is 396 g/mol. The molecule has 0 bridgehead atoms. The van der Waals surface area contributed by atoms with Crippen molar-refractivity contribution in [2.75, 3.05) is 6.26 Å². The molecule has 0 aliphatic heterocycles. The van der Waals surface area contributed by atoms with Crippen molar-refractivity contribution in [3.05, 3.63) is 68.1 Å². The summed E-state index contributed by atoms with van der Waals surface area (Å²) < 4.78 is 23.3. The monoisotopic (exact) mass is 394 g/mol. The van der Waals surface area contributed by atoms with Gasteiger partial charge in [0.25, 0.3) is 0 Å². The summed E-state index contributed by atoms with van der Waals surface area (Å²) in [6.45, 7) is 0. The maximum Gasteiger partial charge on any atom is 0.176 e. The van der Waals surface area contributed by atoms with E-state index in [1.54, 1.807) is 30.3 Å². The van der Waals surface area contributed by atoms with E-state index in [-0.39, 0.29) is 14.4 Å². The Labute approximate surface area is 149 Å². The molecule has 2 nitrogen and oxygen atoms in total. The van der Waals surface area contributed by atoms with Crippen molar-refractivity contribution < 1.29 is 8.42 Å². The van der Waals surface area contributed by atoms with Crippen LogP contribution in [0.2, 0.25) is 10.0 Å². The second kappa shape index (κ2) is 6.81. The molecule has 2 aromatic carbocycles. The van der Waals surface area contributed by atoms with Gasteiger partial charge in [0.1, 0.15) is 4.49 Å². The minimum atomic E-state index is -3.40. The van der Waals surface area contributed by atoms with Crippen molar-refractivity contribution in [3.8, 4) is 0 Å². The number of benzene rings is 2. The molecule has 0 aromatic heterocycles. The van der Waals surface area contributed by atoms with Gasteiger partial charge < -0.3 is 0 Å². The summed E-state index contributed by atoms with van der Waals surface area (Å²) in [5.74, 6) is 0. The molecule has 0 radical (unpaired) electrons. The molecule has 116 valence electrons. The number of hydrogen-bond acceptors (Lipinski definition) is 2. The topological polar surface area (TPSA) is 34.1 Å². The Morgan fingerprint density at radius 2 is 1.45 bits per heavy atom. The van der Waals surface area contributed by atoms with E-state index in [0.717, 1.165) is 11.8 Å². The molecule has 0 saturated heterocycles. The molecule has 0 aliphatic carbocycles. The van der Waals surface area contributed by atoms with E-state index in [9.17, 15) is 8.42 Å². The second-order valence-electron chi connectivity index (χ2n) is 4.56. The van der Waals surface area contributed by atoms with Gasteiger partial charge in [0.2, 0.25) is 0 Å². The van der Waals surface area contributed by atoms with E-state index in [4.69, 9.17) is 46.4 Å². The first-order chi connectivity index (χ1) is 10.2. The summed E-state index contributed by atoms with van der Waals surface area (Å²) in [6, 6.07) is 11.5. The van der Waals surface area contributed by atoms with Gasteiger partial charge in [-0.2, -0.15) is 0 Å². The zero-order chi connectivity index (χ0) is 16.5. The summed E-state index contributed by atoms with van der Waals surface area (Å²) in [6.07, 6.45) is 1.10. The highest BCUT2D eigenvalue weighted by atomic mass is 35.5. The smallest absolute Gasteiger partial charge is 0.176 e. The SMILES string of the molecule is CS(=O)(=O)c1ccc(C(=C(Cl)Cl)c2ccc(Cl)cc2)cc1Cl. The zero-order valence-electron chi connectivity index (χ0n) is 11.3. The molecule has 2 rings (SSSR count). The third kappa shape index (κ3) is 3.98. The highest BCUT2D eigenvalue weighted by molar-refractivity contribution is 7.90. The maximum absolute atomic E-state index is 11.6. The maximum atomic E-state index is 11.6. The van der Waals surface area contributed by atoms with E-state index in [0.29, 0.717) is 16.2 Å². The Kier molecular flexibility index (Phi) is 5.46. The molecule has 7 heteroatoms. The predicted molar refractivity (Wildman–Crippen MR) is 93.7 cm³/mol. The number of halogens is 4. The summed E-state index contributed by atoms with van der Waals surface area (Å²) in [5, 5.41) is 0.695. The fourth-order valence-electron chi connectivity index (χ4n) is 1.96. The molecule has 0 amide bonds. The van der Waals surface area contributed by atoms with Crippen LogP contribution < -0.4 is 0 Å². The first-order valence-corrected chi connectivity index (χ1v) is 9.41. The summed E-state index contributed by atoms with van der Waals surface area (Å²) >= 11 is 23.9. The molecule has 0 aliphatic rings. The Bertz CT molecular complexity index is 836. The van der Waals surface area contributed by atoms with E-state index in [2.05, 4.69) is 0 Å². The Morgan fingerprint density at radius 3 is 1.91 bits per heavy atom. The van der Waals surface area contributed by atoms with Crippen LogP contribution in [0.5, 0.6) is 0 Å². The van der Waals surface area contributed by atoms with Crippen LogP contribution in [0.15, 0.2) is 51.9 Å². The lowest BCUT2D eigenvalue weighted by Crippen LogP contribution is -1.99. The third-order valence-corrected chi connectivity index (χ3v) is 5.15. The quantitative estimate of drug-likeness (QED) is 0.678.